The topological polar surface area (TPSA) is 102 Å². The molecular weight excluding hydrogens is 336 g/mol. The lowest BCUT2D eigenvalue weighted by Gasteiger charge is -2.44. The quantitative estimate of drug-likeness (QED) is 0.677. The monoisotopic (exact) mass is 356 g/mol. The third kappa shape index (κ3) is 2.65. The fourth-order valence-corrected chi connectivity index (χ4v) is 4.13. The number of hydrogen-bond acceptors (Lipinski definition) is 8. The molecular formula is C16H20N8O2. The van der Waals surface area contributed by atoms with Crippen molar-refractivity contribution < 1.29 is 9.53 Å². The Kier molecular flexibility index (Phi) is 3.86. The van der Waals surface area contributed by atoms with E-state index in [0.29, 0.717) is 18.6 Å². The Morgan fingerprint density at radius 2 is 2.23 bits per heavy atom. The fraction of sp³-hybridized carbons (Fsp3) is 0.625. The van der Waals surface area contributed by atoms with Crippen molar-refractivity contribution in [2.24, 2.45) is 0 Å². The molecule has 0 aromatic carbocycles. The van der Waals surface area contributed by atoms with E-state index in [2.05, 4.69) is 30.4 Å². The summed E-state index contributed by atoms with van der Waals surface area (Å²) in [5.41, 5.74) is 1.86. The van der Waals surface area contributed by atoms with Crippen molar-refractivity contribution in [2.75, 3.05) is 39.4 Å². The van der Waals surface area contributed by atoms with Gasteiger partial charge < -0.3 is 9.64 Å². The number of hydrogen-bond donors (Lipinski definition) is 0. The first-order chi connectivity index (χ1) is 12.8. The molecule has 0 saturated carbocycles. The first-order valence-electron chi connectivity index (χ1n) is 8.99. The molecule has 2 saturated heterocycles. The third-order valence-corrected chi connectivity index (χ3v) is 5.53. The number of tetrazole rings is 1. The van der Waals surface area contributed by atoms with Gasteiger partial charge in [0.2, 0.25) is 5.91 Å². The summed E-state index contributed by atoms with van der Waals surface area (Å²) in [6.07, 6.45) is 4.78. The normalized spacial score (nSPS) is 25.8. The predicted octanol–water partition coefficient (Wildman–Crippen LogP) is -0.975. The Morgan fingerprint density at radius 3 is 3.12 bits per heavy atom. The van der Waals surface area contributed by atoms with Gasteiger partial charge in [0.15, 0.2) is 0 Å². The largest absolute Gasteiger partial charge is 0.378 e. The van der Waals surface area contributed by atoms with E-state index in [1.807, 2.05) is 4.90 Å². The minimum absolute atomic E-state index is 0.149. The van der Waals surface area contributed by atoms with Gasteiger partial charge in [0.25, 0.3) is 5.95 Å². The summed E-state index contributed by atoms with van der Waals surface area (Å²) in [6, 6.07) is 0.320. The number of ether oxygens (including phenoxy) is 1. The van der Waals surface area contributed by atoms with Crippen LogP contribution >= 0.6 is 0 Å². The summed E-state index contributed by atoms with van der Waals surface area (Å²) >= 11 is 0. The van der Waals surface area contributed by atoms with Crippen LogP contribution in [0.4, 0.5) is 0 Å². The van der Waals surface area contributed by atoms with Crippen LogP contribution in [0.15, 0.2) is 12.5 Å². The molecule has 0 N–H and O–H groups in total. The molecule has 26 heavy (non-hydrogen) atoms. The third-order valence-electron chi connectivity index (χ3n) is 5.53. The molecule has 2 aromatic heterocycles. The van der Waals surface area contributed by atoms with E-state index in [-0.39, 0.29) is 11.8 Å². The molecule has 2 aromatic rings. The van der Waals surface area contributed by atoms with Gasteiger partial charge in [-0.15, -0.1) is 5.10 Å². The van der Waals surface area contributed by atoms with E-state index in [9.17, 15) is 4.79 Å². The van der Waals surface area contributed by atoms with Crippen molar-refractivity contribution >= 4 is 5.91 Å². The zero-order valence-electron chi connectivity index (χ0n) is 14.4. The Morgan fingerprint density at radius 1 is 1.27 bits per heavy atom. The average Bonchev–Trinajstić information content (AvgIpc) is 3.36. The SMILES string of the molecule is O=C(C1CCc2nc(-n3cnnn3)ncc21)N1CCN2CCOCC2C1. The van der Waals surface area contributed by atoms with Crippen LogP contribution in [0.25, 0.3) is 5.95 Å². The van der Waals surface area contributed by atoms with Crippen molar-refractivity contribution in [1.29, 1.82) is 0 Å². The van der Waals surface area contributed by atoms with E-state index in [1.54, 1.807) is 6.20 Å². The van der Waals surface area contributed by atoms with E-state index in [4.69, 9.17) is 4.74 Å². The van der Waals surface area contributed by atoms with Gasteiger partial charge in [-0.25, -0.2) is 9.97 Å². The summed E-state index contributed by atoms with van der Waals surface area (Å²) in [5, 5.41) is 11.0. The summed E-state index contributed by atoms with van der Waals surface area (Å²) in [6.45, 7) is 4.92. The molecule has 5 rings (SSSR count). The van der Waals surface area contributed by atoms with Crippen LogP contribution < -0.4 is 0 Å². The maximum absolute atomic E-state index is 13.1. The first kappa shape index (κ1) is 15.8. The molecule has 136 valence electrons. The molecule has 0 bridgehead atoms. The summed E-state index contributed by atoms with van der Waals surface area (Å²) in [7, 11) is 0. The van der Waals surface area contributed by atoms with Gasteiger partial charge in [0, 0.05) is 37.9 Å². The van der Waals surface area contributed by atoms with Gasteiger partial charge in [-0.3, -0.25) is 9.69 Å². The Labute approximate surface area is 150 Å². The highest BCUT2D eigenvalue weighted by atomic mass is 16.5. The van der Waals surface area contributed by atoms with Crippen molar-refractivity contribution in [3.63, 3.8) is 0 Å². The van der Waals surface area contributed by atoms with Crippen molar-refractivity contribution in [2.45, 2.75) is 24.8 Å². The maximum atomic E-state index is 13.1. The highest BCUT2D eigenvalue weighted by molar-refractivity contribution is 5.85. The van der Waals surface area contributed by atoms with Crippen LogP contribution in [0.3, 0.4) is 0 Å². The van der Waals surface area contributed by atoms with Crippen LogP contribution in [-0.2, 0) is 16.0 Å². The number of piperazine rings is 1. The molecule has 10 heteroatoms. The summed E-state index contributed by atoms with van der Waals surface area (Å²) < 4.78 is 7.01. The van der Waals surface area contributed by atoms with Crippen molar-refractivity contribution in [3.8, 4) is 5.95 Å². The van der Waals surface area contributed by atoms with Crippen molar-refractivity contribution in [3.05, 3.63) is 23.8 Å². The first-order valence-corrected chi connectivity index (χ1v) is 8.99. The van der Waals surface area contributed by atoms with Crippen LogP contribution in [0.5, 0.6) is 0 Å². The fourth-order valence-electron chi connectivity index (χ4n) is 4.13. The van der Waals surface area contributed by atoms with E-state index in [1.165, 1.54) is 11.0 Å². The lowest BCUT2D eigenvalue weighted by atomic mass is 10.0. The highest BCUT2D eigenvalue weighted by Crippen LogP contribution is 2.33. The average molecular weight is 356 g/mol. The second kappa shape index (κ2) is 6.36. The number of rotatable bonds is 2. The lowest BCUT2D eigenvalue weighted by Crippen LogP contribution is -2.59. The number of nitrogens with zero attached hydrogens (tertiary/aromatic N) is 8. The number of aromatic nitrogens is 6. The maximum Gasteiger partial charge on any atom is 0.253 e. The molecule has 0 spiro atoms. The Bertz CT molecular complexity index is 811. The van der Waals surface area contributed by atoms with E-state index >= 15 is 0 Å². The van der Waals surface area contributed by atoms with Gasteiger partial charge >= 0.3 is 0 Å². The number of amides is 1. The number of aryl methyl sites for hydroxylation is 1. The molecule has 2 atom stereocenters. The summed E-state index contributed by atoms with van der Waals surface area (Å²) in [4.78, 5) is 26.4. The zero-order chi connectivity index (χ0) is 17.5. The number of fused-ring (bicyclic) bond motifs is 2. The van der Waals surface area contributed by atoms with E-state index < -0.39 is 0 Å². The molecule has 10 nitrogen and oxygen atoms in total. The standard InChI is InChI=1S/C16H20N8O2/c25-15(23-4-3-22-5-6-26-9-11(22)8-23)12-1-2-14-13(12)7-17-16(19-14)24-10-18-20-21-24/h7,10-12H,1-6,8-9H2. The van der Waals surface area contributed by atoms with E-state index in [0.717, 1.165) is 56.9 Å². The predicted molar refractivity (Wildman–Crippen MR) is 88.6 cm³/mol. The van der Waals surface area contributed by atoms with Crippen LogP contribution in [0.1, 0.15) is 23.6 Å². The smallest absolute Gasteiger partial charge is 0.253 e. The molecule has 0 radical (unpaired) electrons. The molecule has 2 unspecified atom stereocenters. The number of morpholine rings is 1. The number of carbonyl (C=O) groups is 1. The number of carbonyl (C=O) groups excluding carboxylic acids is 1. The highest BCUT2D eigenvalue weighted by Gasteiger charge is 2.37. The second-order valence-corrected chi connectivity index (χ2v) is 6.97. The van der Waals surface area contributed by atoms with Gasteiger partial charge in [0.1, 0.15) is 6.33 Å². The lowest BCUT2D eigenvalue weighted by molar-refractivity contribution is -0.138. The zero-order valence-corrected chi connectivity index (χ0v) is 14.4. The Balaban J connectivity index is 1.33. The van der Waals surface area contributed by atoms with Crippen LogP contribution in [0, 0.1) is 0 Å². The summed E-state index contributed by atoms with van der Waals surface area (Å²) in [5.74, 6) is 0.478. The van der Waals surface area contributed by atoms with Crippen LogP contribution in [0.2, 0.25) is 0 Å². The van der Waals surface area contributed by atoms with Gasteiger partial charge in [0.05, 0.1) is 30.9 Å². The van der Waals surface area contributed by atoms with Crippen LogP contribution in [-0.4, -0.2) is 91.3 Å². The van der Waals surface area contributed by atoms with Gasteiger partial charge in [-0.2, -0.15) is 4.68 Å². The minimum atomic E-state index is -0.149. The van der Waals surface area contributed by atoms with Gasteiger partial charge in [-0.05, 0) is 23.3 Å². The molecule has 2 fully saturated rings. The van der Waals surface area contributed by atoms with Gasteiger partial charge in [-0.1, -0.05) is 0 Å². The molecule has 2 aliphatic heterocycles. The minimum Gasteiger partial charge on any atom is -0.378 e. The second-order valence-electron chi connectivity index (χ2n) is 6.97. The molecule has 4 heterocycles. The van der Waals surface area contributed by atoms with Crippen molar-refractivity contribution in [1.82, 2.24) is 40.0 Å². The molecule has 1 amide bonds. The Hall–Kier alpha value is -2.46. The molecule has 1 aliphatic carbocycles. The molecule has 3 aliphatic rings.